The van der Waals surface area contributed by atoms with E-state index in [0.29, 0.717) is 17.2 Å². The van der Waals surface area contributed by atoms with E-state index in [1.54, 1.807) is 14.0 Å². The van der Waals surface area contributed by atoms with Crippen LogP contribution in [0.1, 0.15) is 65.1 Å². The van der Waals surface area contributed by atoms with Gasteiger partial charge in [0.1, 0.15) is 9.88 Å². The van der Waals surface area contributed by atoms with Gasteiger partial charge in [-0.1, -0.05) is 36.8 Å². The van der Waals surface area contributed by atoms with Crippen LogP contribution in [0.5, 0.6) is 0 Å². The molecule has 1 aliphatic rings. The second-order valence-corrected chi connectivity index (χ2v) is 8.51. The number of aromatic nitrogens is 1. The Morgan fingerprint density at radius 2 is 2.03 bits per heavy atom. The molecule has 0 saturated heterocycles. The quantitative estimate of drug-likeness (QED) is 0.232. The molecule has 2 N–H and O–H groups in total. The number of halogens is 1. The Morgan fingerprint density at radius 3 is 2.60 bits per heavy atom. The summed E-state index contributed by atoms with van der Waals surface area (Å²) in [6, 6.07) is 10.6. The van der Waals surface area contributed by atoms with Gasteiger partial charge in [-0.3, -0.25) is 4.99 Å². The van der Waals surface area contributed by atoms with E-state index in [-0.39, 0.29) is 41.4 Å². The van der Waals surface area contributed by atoms with Gasteiger partial charge in [-0.05, 0) is 39.2 Å². The average molecular weight is 542 g/mol. The molecule has 1 atom stereocenters. The number of rotatable bonds is 7. The number of esters is 1. The normalized spacial score (nSPS) is 16.1. The first-order chi connectivity index (χ1) is 14.0. The van der Waals surface area contributed by atoms with Crippen molar-refractivity contribution in [3.05, 3.63) is 51.5 Å². The summed E-state index contributed by atoms with van der Waals surface area (Å²) in [6.45, 7) is 6.87. The number of carbonyl (C=O) groups is 1. The molecule has 1 unspecified atom stereocenters. The standard InChI is InChI=1S/C22H30N4O2S.HI/c1-5-28-20(27)18-15(2)25-19(29-18)16(3)26-21(23-4)24-14-22(12-9-13-22)17-10-7-6-8-11-17;/h6-8,10-11,16H,5,9,12-14H2,1-4H3,(H2,23,24,26);1H. The molecule has 2 aromatic rings. The van der Waals surface area contributed by atoms with Crippen LogP contribution in [0.25, 0.3) is 0 Å². The maximum absolute atomic E-state index is 12.1. The fraction of sp³-hybridized carbons (Fsp3) is 0.500. The first-order valence-electron chi connectivity index (χ1n) is 10.2. The van der Waals surface area contributed by atoms with Crippen LogP contribution < -0.4 is 10.6 Å². The van der Waals surface area contributed by atoms with Crippen molar-refractivity contribution in [3.8, 4) is 0 Å². The molecular weight excluding hydrogens is 511 g/mol. The summed E-state index contributed by atoms with van der Waals surface area (Å²) >= 11 is 1.37. The number of thiazole rings is 1. The lowest BCUT2D eigenvalue weighted by molar-refractivity contribution is 0.0531. The number of nitrogens with one attached hydrogen (secondary N) is 2. The molecule has 0 amide bonds. The first kappa shape index (κ1) is 24.6. The number of hydrogen-bond acceptors (Lipinski definition) is 5. The van der Waals surface area contributed by atoms with Crippen molar-refractivity contribution in [2.24, 2.45) is 4.99 Å². The highest BCUT2D eigenvalue weighted by atomic mass is 127. The van der Waals surface area contributed by atoms with Crippen molar-refractivity contribution in [2.75, 3.05) is 20.2 Å². The topological polar surface area (TPSA) is 75.6 Å². The zero-order valence-corrected chi connectivity index (χ0v) is 21.2. The van der Waals surface area contributed by atoms with Crippen LogP contribution in [0, 0.1) is 6.92 Å². The van der Waals surface area contributed by atoms with Crippen LogP contribution >= 0.6 is 35.3 Å². The van der Waals surface area contributed by atoms with Crippen LogP contribution in [-0.2, 0) is 10.2 Å². The van der Waals surface area contributed by atoms with Crippen molar-refractivity contribution < 1.29 is 9.53 Å². The molecule has 0 spiro atoms. The number of nitrogens with zero attached hydrogens (tertiary/aromatic N) is 2. The summed E-state index contributed by atoms with van der Waals surface area (Å²) in [5, 5.41) is 7.74. The third kappa shape index (κ3) is 5.51. The molecule has 30 heavy (non-hydrogen) atoms. The van der Waals surface area contributed by atoms with E-state index in [1.165, 1.54) is 36.2 Å². The average Bonchev–Trinajstić information content (AvgIpc) is 3.09. The molecule has 1 saturated carbocycles. The summed E-state index contributed by atoms with van der Waals surface area (Å²) < 4.78 is 5.12. The van der Waals surface area contributed by atoms with Gasteiger partial charge in [-0.2, -0.15) is 0 Å². The summed E-state index contributed by atoms with van der Waals surface area (Å²) in [4.78, 5) is 21.6. The predicted octanol–water partition coefficient (Wildman–Crippen LogP) is 4.59. The Hall–Kier alpha value is -1.68. The Labute approximate surface area is 200 Å². The fourth-order valence-electron chi connectivity index (χ4n) is 3.67. The lowest BCUT2D eigenvalue weighted by atomic mass is 9.64. The van der Waals surface area contributed by atoms with E-state index in [1.807, 2.05) is 13.8 Å². The third-order valence-electron chi connectivity index (χ3n) is 5.51. The highest BCUT2D eigenvalue weighted by molar-refractivity contribution is 14.0. The minimum Gasteiger partial charge on any atom is -0.462 e. The van der Waals surface area contributed by atoms with Crippen molar-refractivity contribution in [1.29, 1.82) is 0 Å². The molecular formula is C22H31IN4O2S. The molecule has 8 heteroatoms. The van der Waals surface area contributed by atoms with Crippen LogP contribution in [-0.4, -0.2) is 37.1 Å². The smallest absolute Gasteiger partial charge is 0.350 e. The lowest BCUT2D eigenvalue weighted by Gasteiger charge is -2.43. The molecule has 6 nitrogen and oxygen atoms in total. The van der Waals surface area contributed by atoms with Gasteiger partial charge in [0.05, 0.1) is 18.3 Å². The molecule has 3 rings (SSSR count). The predicted molar refractivity (Wildman–Crippen MR) is 133 cm³/mol. The Morgan fingerprint density at radius 1 is 1.33 bits per heavy atom. The van der Waals surface area contributed by atoms with Crippen molar-refractivity contribution in [2.45, 2.75) is 51.5 Å². The second kappa shape index (κ2) is 11.1. The second-order valence-electron chi connectivity index (χ2n) is 7.48. The van der Waals surface area contributed by atoms with E-state index in [4.69, 9.17) is 4.74 Å². The number of benzene rings is 1. The number of carbonyl (C=O) groups excluding carboxylic acids is 1. The monoisotopic (exact) mass is 542 g/mol. The van der Waals surface area contributed by atoms with Crippen molar-refractivity contribution >= 4 is 47.2 Å². The number of aryl methyl sites for hydroxylation is 1. The van der Waals surface area contributed by atoms with E-state index < -0.39 is 0 Å². The molecule has 0 aliphatic heterocycles. The van der Waals surface area contributed by atoms with Gasteiger partial charge >= 0.3 is 5.97 Å². The molecule has 1 aromatic carbocycles. The number of hydrogen-bond donors (Lipinski definition) is 2. The first-order valence-corrected chi connectivity index (χ1v) is 11.0. The Bertz CT molecular complexity index is 865. The van der Waals surface area contributed by atoms with E-state index in [0.717, 1.165) is 17.5 Å². The summed E-state index contributed by atoms with van der Waals surface area (Å²) in [6.07, 6.45) is 3.63. The lowest BCUT2D eigenvalue weighted by Crippen LogP contribution is -2.49. The minimum atomic E-state index is -0.307. The van der Waals surface area contributed by atoms with Gasteiger partial charge in [0.2, 0.25) is 0 Å². The zero-order valence-electron chi connectivity index (χ0n) is 18.0. The minimum absolute atomic E-state index is 0. The fourth-order valence-corrected chi connectivity index (χ4v) is 4.63. The van der Waals surface area contributed by atoms with Gasteiger partial charge in [0, 0.05) is 19.0 Å². The maximum Gasteiger partial charge on any atom is 0.350 e. The van der Waals surface area contributed by atoms with E-state index in [9.17, 15) is 4.79 Å². The number of guanidine groups is 1. The molecule has 1 heterocycles. The largest absolute Gasteiger partial charge is 0.462 e. The summed E-state index contributed by atoms with van der Waals surface area (Å²) in [5.74, 6) is 0.434. The summed E-state index contributed by atoms with van der Waals surface area (Å²) in [7, 11) is 1.77. The van der Waals surface area contributed by atoms with E-state index >= 15 is 0 Å². The SMILES string of the molecule is CCOC(=O)c1sc(C(C)NC(=NC)NCC2(c3ccccc3)CCC2)nc1C.I. The molecule has 0 bridgehead atoms. The summed E-state index contributed by atoms with van der Waals surface area (Å²) in [5.41, 5.74) is 2.27. The van der Waals surface area contributed by atoms with Gasteiger partial charge < -0.3 is 15.4 Å². The van der Waals surface area contributed by atoms with Gasteiger partial charge in [-0.25, -0.2) is 9.78 Å². The third-order valence-corrected chi connectivity index (χ3v) is 6.83. The molecule has 0 radical (unpaired) electrons. The molecule has 1 aliphatic carbocycles. The van der Waals surface area contributed by atoms with Gasteiger partial charge in [-0.15, -0.1) is 35.3 Å². The zero-order chi connectivity index (χ0) is 20.9. The van der Waals surface area contributed by atoms with Crippen molar-refractivity contribution in [1.82, 2.24) is 15.6 Å². The number of aliphatic imine (C=N–C) groups is 1. The van der Waals surface area contributed by atoms with Crippen LogP contribution in [0.15, 0.2) is 35.3 Å². The van der Waals surface area contributed by atoms with Crippen LogP contribution in [0.4, 0.5) is 0 Å². The molecule has 1 fully saturated rings. The Balaban J connectivity index is 0.00000320. The van der Waals surface area contributed by atoms with Crippen LogP contribution in [0.3, 0.4) is 0 Å². The van der Waals surface area contributed by atoms with Crippen LogP contribution in [0.2, 0.25) is 0 Å². The Kier molecular flexibility index (Phi) is 9.09. The van der Waals surface area contributed by atoms with Crippen molar-refractivity contribution in [3.63, 3.8) is 0 Å². The van der Waals surface area contributed by atoms with Gasteiger partial charge in [0.25, 0.3) is 0 Å². The van der Waals surface area contributed by atoms with Gasteiger partial charge in [0.15, 0.2) is 5.96 Å². The molecule has 164 valence electrons. The number of ether oxygens (including phenoxy) is 1. The highest BCUT2D eigenvalue weighted by Gasteiger charge is 2.38. The maximum atomic E-state index is 12.1. The highest BCUT2D eigenvalue weighted by Crippen LogP contribution is 2.43. The molecule has 1 aromatic heterocycles. The van der Waals surface area contributed by atoms with E-state index in [2.05, 4.69) is 50.9 Å².